The SMILES string of the molecule is CCn1nc(C)c(NS(=O)(=O)c2cc(Cl)ccc2Cl)c1C. The van der Waals surface area contributed by atoms with Crippen LogP contribution in [0.25, 0.3) is 0 Å². The van der Waals surface area contributed by atoms with Crippen LogP contribution in [0.4, 0.5) is 5.69 Å². The van der Waals surface area contributed by atoms with Crippen molar-refractivity contribution in [2.24, 2.45) is 0 Å². The molecule has 1 heterocycles. The molecule has 1 aromatic heterocycles. The summed E-state index contributed by atoms with van der Waals surface area (Å²) in [6, 6.07) is 4.31. The molecule has 8 heteroatoms. The van der Waals surface area contributed by atoms with Gasteiger partial charge in [0, 0.05) is 11.6 Å². The van der Waals surface area contributed by atoms with Crippen molar-refractivity contribution in [2.75, 3.05) is 4.72 Å². The minimum absolute atomic E-state index is 0.0558. The predicted molar refractivity (Wildman–Crippen MR) is 84.6 cm³/mol. The number of rotatable bonds is 4. The minimum atomic E-state index is -3.83. The van der Waals surface area contributed by atoms with Crippen LogP contribution < -0.4 is 4.72 Å². The van der Waals surface area contributed by atoms with Crippen molar-refractivity contribution in [1.29, 1.82) is 0 Å². The summed E-state index contributed by atoms with van der Waals surface area (Å²) in [5.41, 5.74) is 1.82. The first-order valence-electron chi connectivity index (χ1n) is 6.28. The number of benzene rings is 1. The van der Waals surface area contributed by atoms with Gasteiger partial charge in [-0.25, -0.2) is 8.42 Å². The number of sulfonamides is 1. The van der Waals surface area contributed by atoms with Crippen LogP contribution in [0.3, 0.4) is 0 Å². The topological polar surface area (TPSA) is 64.0 Å². The predicted octanol–water partition coefficient (Wildman–Crippen LogP) is 3.63. The van der Waals surface area contributed by atoms with Gasteiger partial charge in [0.15, 0.2) is 0 Å². The van der Waals surface area contributed by atoms with E-state index in [1.165, 1.54) is 18.2 Å². The van der Waals surface area contributed by atoms with Crippen molar-refractivity contribution < 1.29 is 8.42 Å². The number of hydrogen-bond acceptors (Lipinski definition) is 3. The van der Waals surface area contributed by atoms with Gasteiger partial charge in [0.05, 0.1) is 22.1 Å². The lowest BCUT2D eigenvalue weighted by Crippen LogP contribution is -2.14. The first-order valence-corrected chi connectivity index (χ1v) is 8.52. The maximum atomic E-state index is 12.5. The maximum absolute atomic E-state index is 12.5. The van der Waals surface area contributed by atoms with Crippen molar-refractivity contribution >= 4 is 38.9 Å². The third-order valence-corrected chi connectivity index (χ3v) is 5.17. The molecule has 0 aliphatic heterocycles. The zero-order valence-electron chi connectivity index (χ0n) is 11.8. The van der Waals surface area contributed by atoms with E-state index in [0.717, 1.165) is 5.69 Å². The third-order valence-electron chi connectivity index (χ3n) is 3.10. The highest BCUT2D eigenvalue weighted by Crippen LogP contribution is 2.28. The Hall–Kier alpha value is -1.24. The van der Waals surface area contributed by atoms with E-state index < -0.39 is 10.0 Å². The molecule has 0 unspecified atom stereocenters. The summed E-state index contributed by atoms with van der Waals surface area (Å²) in [5, 5.41) is 4.70. The summed E-state index contributed by atoms with van der Waals surface area (Å²) in [5.74, 6) is 0. The van der Waals surface area contributed by atoms with Crippen LogP contribution in [0.5, 0.6) is 0 Å². The number of nitrogens with zero attached hydrogens (tertiary/aromatic N) is 2. The van der Waals surface area contributed by atoms with Crippen LogP contribution in [0.2, 0.25) is 10.0 Å². The van der Waals surface area contributed by atoms with Gasteiger partial charge in [-0.2, -0.15) is 5.10 Å². The fraction of sp³-hybridized carbons (Fsp3) is 0.308. The first kappa shape index (κ1) is 16.1. The van der Waals surface area contributed by atoms with Gasteiger partial charge in [-0.1, -0.05) is 23.2 Å². The molecule has 21 heavy (non-hydrogen) atoms. The molecule has 0 aliphatic rings. The fourth-order valence-electron chi connectivity index (χ4n) is 2.02. The second-order valence-corrected chi connectivity index (χ2v) is 7.04. The molecule has 0 bridgehead atoms. The molecule has 0 atom stereocenters. The highest BCUT2D eigenvalue weighted by Gasteiger charge is 2.22. The zero-order chi connectivity index (χ0) is 15.8. The normalized spacial score (nSPS) is 11.7. The summed E-state index contributed by atoms with van der Waals surface area (Å²) in [6.07, 6.45) is 0. The van der Waals surface area contributed by atoms with E-state index in [-0.39, 0.29) is 9.92 Å². The molecule has 2 rings (SSSR count). The quantitative estimate of drug-likeness (QED) is 0.918. The van der Waals surface area contributed by atoms with Gasteiger partial charge >= 0.3 is 0 Å². The van der Waals surface area contributed by atoms with E-state index in [0.29, 0.717) is 22.9 Å². The molecular formula is C13H15Cl2N3O2S. The Kier molecular flexibility index (Phi) is 4.51. The molecule has 1 N–H and O–H groups in total. The van der Waals surface area contributed by atoms with E-state index in [9.17, 15) is 8.42 Å². The fourth-order valence-corrected chi connectivity index (χ4v) is 3.97. The number of aromatic nitrogens is 2. The molecule has 0 aliphatic carbocycles. The average Bonchev–Trinajstić information content (AvgIpc) is 2.68. The molecule has 0 saturated carbocycles. The summed E-state index contributed by atoms with van der Waals surface area (Å²) in [7, 11) is -3.83. The van der Waals surface area contributed by atoms with Crippen molar-refractivity contribution in [3.8, 4) is 0 Å². The lowest BCUT2D eigenvalue weighted by molar-refractivity contribution is 0.601. The van der Waals surface area contributed by atoms with Crippen LogP contribution in [-0.4, -0.2) is 18.2 Å². The van der Waals surface area contributed by atoms with Gasteiger partial charge in [-0.3, -0.25) is 9.40 Å². The number of hydrogen-bond donors (Lipinski definition) is 1. The van der Waals surface area contributed by atoms with Gasteiger partial charge in [0.25, 0.3) is 10.0 Å². The van der Waals surface area contributed by atoms with Crippen molar-refractivity contribution in [3.63, 3.8) is 0 Å². The molecule has 0 spiro atoms. The molecular weight excluding hydrogens is 333 g/mol. The minimum Gasteiger partial charge on any atom is -0.276 e. The Morgan fingerprint density at radius 3 is 2.52 bits per heavy atom. The average molecular weight is 348 g/mol. The lowest BCUT2D eigenvalue weighted by atomic mass is 10.3. The van der Waals surface area contributed by atoms with Crippen molar-refractivity contribution in [1.82, 2.24) is 9.78 Å². The van der Waals surface area contributed by atoms with E-state index >= 15 is 0 Å². The Morgan fingerprint density at radius 2 is 1.95 bits per heavy atom. The Balaban J connectivity index is 2.47. The highest BCUT2D eigenvalue weighted by molar-refractivity contribution is 7.92. The molecule has 0 radical (unpaired) electrons. The highest BCUT2D eigenvalue weighted by atomic mass is 35.5. The molecule has 5 nitrogen and oxygen atoms in total. The first-order chi connectivity index (χ1) is 9.76. The van der Waals surface area contributed by atoms with Gasteiger partial charge in [-0.15, -0.1) is 0 Å². The van der Waals surface area contributed by atoms with Crippen molar-refractivity contribution in [3.05, 3.63) is 39.6 Å². The standard InChI is InChI=1S/C13H15Cl2N3O2S/c1-4-18-9(3)13(8(2)16-18)17-21(19,20)12-7-10(14)5-6-11(12)15/h5-7,17H,4H2,1-3H3. The van der Waals surface area contributed by atoms with E-state index in [1.54, 1.807) is 18.5 Å². The maximum Gasteiger partial charge on any atom is 0.263 e. The van der Waals surface area contributed by atoms with E-state index in [2.05, 4.69) is 9.82 Å². The second-order valence-electron chi connectivity index (χ2n) is 4.54. The van der Waals surface area contributed by atoms with Crippen LogP contribution in [0.15, 0.2) is 23.1 Å². The van der Waals surface area contributed by atoms with Gasteiger partial charge in [-0.05, 0) is 39.0 Å². The summed E-state index contributed by atoms with van der Waals surface area (Å²) in [6.45, 7) is 6.15. The van der Waals surface area contributed by atoms with Gasteiger partial charge < -0.3 is 0 Å². The van der Waals surface area contributed by atoms with Crippen LogP contribution in [0, 0.1) is 13.8 Å². The Bertz CT molecular complexity index is 785. The smallest absolute Gasteiger partial charge is 0.263 e. The van der Waals surface area contributed by atoms with Crippen molar-refractivity contribution in [2.45, 2.75) is 32.2 Å². The van der Waals surface area contributed by atoms with Crippen LogP contribution in [-0.2, 0) is 16.6 Å². The monoisotopic (exact) mass is 347 g/mol. The zero-order valence-corrected chi connectivity index (χ0v) is 14.1. The number of nitrogens with one attached hydrogen (secondary N) is 1. The molecule has 2 aromatic rings. The lowest BCUT2D eigenvalue weighted by Gasteiger charge is -2.10. The van der Waals surface area contributed by atoms with Crippen LogP contribution >= 0.6 is 23.2 Å². The number of anilines is 1. The van der Waals surface area contributed by atoms with E-state index in [4.69, 9.17) is 23.2 Å². The largest absolute Gasteiger partial charge is 0.276 e. The third kappa shape index (κ3) is 3.17. The molecule has 114 valence electrons. The second kappa shape index (κ2) is 5.87. The molecule has 0 fully saturated rings. The summed E-state index contributed by atoms with van der Waals surface area (Å²) >= 11 is 11.8. The molecule has 0 amide bonds. The summed E-state index contributed by atoms with van der Waals surface area (Å²) < 4.78 is 29.2. The summed E-state index contributed by atoms with van der Waals surface area (Å²) in [4.78, 5) is -0.0558. The number of aryl methyl sites for hydroxylation is 2. The van der Waals surface area contributed by atoms with Gasteiger partial charge in [0.2, 0.25) is 0 Å². The Labute approximate surface area is 133 Å². The van der Waals surface area contributed by atoms with Gasteiger partial charge in [0.1, 0.15) is 4.90 Å². The molecule has 0 saturated heterocycles. The molecule has 1 aromatic carbocycles. The Morgan fingerprint density at radius 1 is 1.29 bits per heavy atom. The number of halogens is 2. The van der Waals surface area contributed by atoms with E-state index in [1.807, 2.05) is 6.92 Å². The van der Waals surface area contributed by atoms with Crippen LogP contribution in [0.1, 0.15) is 18.3 Å².